The molecule has 0 spiro atoms. The lowest BCUT2D eigenvalue weighted by atomic mass is 9.98. The van der Waals surface area contributed by atoms with Crippen LogP contribution in [0.2, 0.25) is 5.02 Å². The zero-order valence-electron chi connectivity index (χ0n) is 13.9. The smallest absolute Gasteiger partial charge is 0.208 e. The predicted molar refractivity (Wildman–Crippen MR) is 98.8 cm³/mol. The Labute approximate surface area is 156 Å². The van der Waals surface area contributed by atoms with Crippen LogP contribution in [0.15, 0.2) is 17.1 Å². The fourth-order valence-electron chi connectivity index (χ4n) is 2.85. The van der Waals surface area contributed by atoms with Crippen LogP contribution in [-0.2, 0) is 11.3 Å². The van der Waals surface area contributed by atoms with Crippen LogP contribution in [0.25, 0.3) is 0 Å². The molecule has 1 saturated carbocycles. The fourth-order valence-corrected chi connectivity index (χ4v) is 4.16. The number of nitriles is 1. The number of nitrogens with zero attached hydrogens (tertiary/aromatic N) is 3. The van der Waals surface area contributed by atoms with E-state index in [1.807, 2.05) is 24.1 Å². The van der Waals surface area contributed by atoms with Crippen molar-refractivity contribution in [3.05, 3.63) is 33.8 Å². The number of amidine groups is 1. The summed E-state index contributed by atoms with van der Waals surface area (Å²) in [5, 5.41) is 9.87. The zero-order valence-corrected chi connectivity index (χ0v) is 15.5. The maximum Gasteiger partial charge on any atom is 0.208 e. The number of aryl methyl sites for hydroxylation is 1. The molecule has 7 heteroatoms. The van der Waals surface area contributed by atoms with Gasteiger partial charge < -0.3 is 4.90 Å². The van der Waals surface area contributed by atoms with E-state index in [4.69, 9.17) is 16.9 Å². The van der Waals surface area contributed by atoms with Crippen molar-refractivity contribution < 1.29 is 9.59 Å². The molecule has 2 aliphatic rings. The molecule has 2 fully saturated rings. The highest BCUT2D eigenvalue weighted by atomic mass is 35.5. The molecule has 0 atom stereocenters. The zero-order chi connectivity index (χ0) is 18.0. The number of ketones is 2. The quantitative estimate of drug-likeness (QED) is 0.431. The number of carbonyl (C=O) groups is 2. The summed E-state index contributed by atoms with van der Waals surface area (Å²) in [6, 6.07) is 3.56. The number of hydrogen-bond donors (Lipinski definition) is 0. The first kappa shape index (κ1) is 18.0. The lowest BCUT2D eigenvalue weighted by Crippen LogP contribution is -2.24. The average Bonchev–Trinajstić information content (AvgIpc) is 3.34. The van der Waals surface area contributed by atoms with Gasteiger partial charge in [-0.15, -0.1) is 4.99 Å². The average molecular weight is 376 g/mol. The number of halogens is 1. The van der Waals surface area contributed by atoms with Crippen molar-refractivity contribution in [1.29, 1.82) is 5.26 Å². The van der Waals surface area contributed by atoms with E-state index in [9.17, 15) is 9.59 Å². The Kier molecular flexibility index (Phi) is 5.45. The number of hydrogen-bond acceptors (Lipinski definition) is 5. The van der Waals surface area contributed by atoms with E-state index in [0.29, 0.717) is 22.3 Å². The molecule has 1 aliphatic carbocycles. The second-order valence-electron chi connectivity index (χ2n) is 6.33. The number of Topliss-reactive ketones (excluding diaryl/α,β-unsaturated/α-hetero) is 2. The number of thioether (sulfide) groups is 1. The molecule has 0 bridgehead atoms. The monoisotopic (exact) mass is 375 g/mol. The molecule has 1 saturated heterocycles. The minimum Gasteiger partial charge on any atom is -0.345 e. The molecule has 3 rings (SSSR count). The van der Waals surface area contributed by atoms with Crippen molar-refractivity contribution in [3.63, 3.8) is 0 Å². The molecule has 1 aromatic carbocycles. The number of benzene rings is 1. The Hall–Kier alpha value is -1.84. The topological polar surface area (TPSA) is 73.5 Å². The second-order valence-corrected chi connectivity index (χ2v) is 7.77. The Morgan fingerprint density at radius 1 is 1.44 bits per heavy atom. The van der Waals surface area contributed by atoms with Crippen LogP contribution in [0.5, 0.6) is 0 Å². The van der Waals surface area contributed by atoms with Crippen molar-refractivity contribution in [2.24, 2.45) is 10.9 Å². The molecular formula is C18H18ClN3O2S. The summed E-state index contributed by atoms with van der Waals surface area (Å²) in [7, 11) is 0. The molecule has 25 heavy (non-hydrogen) atoms. The van der Waals surface area contributed by atoms with Gasteiger partial charge in [0, 0.05) is 30.3 Å². The van der Waals surface area contributed by atoms with Crippen molar-refractivity contribution in [2.75, 3.05) is 12.3 Å². The van der Waals surface area contributed by atoms with Gasteiger partial charge in [-0.25, -0.2) is 0 Å². The maximum atomic E-state index is 12.5. The lowest BCUT2D eigenvalue weighted by Gasteiger charge is -2.20. The number of carbonyl (C=O) groups excluding carboxylic acids is 2. The van der Waals surface area contributed by atoms with E-state index < -0.39 is 0 Å². The molecule has 130 valence electrons. The molecule has 0 unspecified atom stereocenters. The van der Waals surface area contributed by atoms with Gasteiger partial charge in [0.1, 0.15) is 5.78 Å². The Balaban J connectivity index is 1.82. The number of rotatable bonds is 6. The normalized spacial score (nSPS) is 18.4. The molecule has 0 aromatic heterocycles. The van der Waals surface area contributed by atoms with E-state index in [0.717, 1.165) is 36.3 Å². The van der Waals surface area contributed by atoms with Crippen molar-refractivity contribution in [3.8, 4) is 6.19 Å². The van der Waals surface area contributed by atoms with Crippen molar-refractivity contribution >= 4 is 40.1 Å². The molecule has 1 aromatic rings. The summed E-state index contributed by atoms with van der Waals surface area (Å²) in [5.41, 5.74) is 2.23. The largest absolute Gasteiger partial charge is 0.345 e. The Morgan fingerprint density at radius 3 is 2.88 bits per heavy atom. The fraction of sp³-hybridized carbons (Fsp3) is 0.444. The summed E-state index contributed by atoms with van der Waals surface area (Å²) in [4.78, 5) is 30.2. The standard InChI is InChI=1S/C18H18ClN3O2S/c1-11-2-5-13(16(24)8-15(23)12-3-4-12)17(19)14(11)9-22-6-7-25-18(22)21-10-20/h2,5,12H,3-4,6-9H2,1H3. The molecule has 0 amide bonds. The van der Waals surface area contributed by atoms with Crippen molar-refractivity contribution in [1.82, 2.24) is 4.90 Å². The highest BCUT2D eigenvalue weighted by Crippen LogP contribution is 2.33. The first-order valence-electron chi connectivity index (χ1n) is 8.19. The Bertz CT molecular complexity index is 796. The van der Waals surface area contributed by atoms with Crippen LogP contribution in [0.1, 0.15) is 40.7 Å². The summed E-state index contributed by atoms with van der Waals surface area (Å²) in [6.07, 6.45) is 3.54. The summed E-state index contributed by atoms with van der Waals surface area (Å²) >= 11 is 8.05. The minimum atomic E-state index is -0.218. The third-order valence-corrected chi connectivity index (χ3v) is 5.93. The Morgan fingerprint density at radius 2 is 2.20 bits per heavy atom. The minimum absolute atomic E-state index is 0.0163. The van der Waals surface area contributed by atoms with Crippen LogP contribution in [0.4, 0.5) is 0 Å². The molecular weight excluding hydrogens is 358 g/mol. The van der Waals surface area contributed by atoms with Gasteiger partial charge in [-0.3, -0.25) is 9.59 Å². The van der Waals surface area contributed by atoms with Gasteiger partial charge in [0.25, 0.3) is 0 Å². The summed E-state index contributed by atoms with van der Waals surface area (Å²) in [5.74, 6) is 0.734. The second kappa shape index (κ2) is 7.59. The summed E-state index contributed by atoms with van der Waals surface area (Å²) < 4.78 is 0. The predicted octanol–water partition coefficient (Wildman–Crippen LogP) is 3.59. The highest BCUT2D eigenvalue weighted by molar-refractivity contribution is 8.14. The van der Waals surface area contributed by atoms with Crippen LogP contribution in [-0.4, -0.2) is 33.9 Å². The molecule has 5 nitrogen and oxygen atoms in total. The lowest BCUT2D eigenvalue weighted by molar-refractivity contribution is -0.119. The SMILES string of the molecule is Cc1ccc(C(=O)CC(=O)C2CC2)c(Cl)c1CN1CCSC1=NC#N. The van der Waals surface area contributed by atoms with Gasteiger partial charge in [-0.2, -0.15) is 5.26 Å². The van der Waals surface area contributed by atoms with Gasteiger partial charge in [-0.05, 0) is 37.0 Å². The van der Waals surface area contributed by atoms with E-state index >= 15 is 0 Å². The van der Waals surface area contributed by atoms with Crippen LogP contribution >= 0.6 is 23.4 Å². The summed E-state index contributed by atoms with van der Waals surface area (Å²) in [6.45, 7) is 3.21. The molecule has 1 heterocycles. The van der Waals surface area contributed by atoms with Crippen LogP contribution < -0.4 is 0 Å². The number of aliphatic imine (C=N–C) groups is 1. The van der Waals surface area contributed by atoms with Gasteiger partial charge in [0.15, 0.2) is 11.0 Å². The van der Waals surface area contributed by atoms with E-state index in [1.54, 1.807) is 6.07 Å². The third-order valence-electron chi connectivity index (χ3n) is 4.50. The first-order chi connectivity index (χ1) is 12.0. The van der Waals surface area contributed by atoms with Crippen molar-refractivity contribution in [2.45, 2.75) is 32.7 Å². The third kappa shape index (κ3) is 4.05. The molecule has 0 N–H and O–H groups in total. The van der Waals surface area contributed by atoms with Gasteiger partial charge >= 0.3 is 0 Å². The highest BCUT2D eigenvalue weighted by Gasteiger charge is 2.31. The first-order valence-corrected chi connectivity index (χ1v) is 9.56. The molecule has 0 radical (unpaired) electrons. The van der Waals surface area contributed by atoms with E-state index in [2.05, 4.69) is 4.99 Å². The van der Waals surface area contributed by atoms with Crippen LogP contribution in [0, 0.1) is 24.3 Å². The van der Waals surface area contributed by atoms with E-state index in [1.165, 1.54) is 11.8 Å². The van der Waals surface area contributed by atoms with E-state index in [-0.39, 0.29) is 23.9 Å². The van der Waals surface area contributed by atoms with Gasteiger partial charge in [-0.1, -0.05) is 29.4 Å². The van der Waals surface area contributed by atoms with Crippen LogP contribution in [0.3, 0.4) is 0 Å². The van der Waals surface area contributed by atoms with Gasteiger partial charge in [0.05, 0.1) is 11.4 Å². The van der Waals surface area contributed by atoms with Gasteiger partial charge in [0.2, 0.25) is 6.19 Å². The molecule has 1 aliphatic heterocycles. The maximum absolute atomic E-state index is 12.5.